The van der Waals surface area contributed by atoms with Gasteiger partial charge in [0.05, 0.1) is 26.4 Å². The van der Waals surface area contributed by atoms with E-state index in [1.165, 1.54) is 6.42 Å². The van der Waals surface area contributed by atoms with Gasteiger partial charge in [-0.2, -0.15) is 5.06 Å². The van der Waals surface area contributed by atoms with Gasteiger partial charge in [-0.05, 0) is 105 Å². The molecule has 6 N–H and O–H groups in total. The number of benzene rings is 2. The summed E-state index contributed by atoms with van der Waals surface area (Å²) in [6, 6.07) is 11.3. The standard InChI is InChI=1S/C44H71N5O6/c1-25(2)15-34(23-48(9)10)46-42(52)31-16-30(17-33(18-31)45-21-26(3)4)35-14-12-13-29(41(35)54-11)22-49-40(39(28(6)51)38(24-50)55-49)43(53)47-37-20-32-19-36(27(37)5)44(32,7)8/h12-14,16-18,25-28,32,34,36-40,42,45-46,50-52H,15,19-24H2,1-11H3,(H,47,53)/t27-,28-,32+,34-,36-,37-,38-,39+,40-,42?/m0/s1. The Morgan fingerprint density at radius 1 is 1.07 bits per heavy atom. The second kappa shape index (κ2) is 18.2. The predicted octanol–water partition coefficient (Wildman–Crippen LogP) is 5.65. The number of hydroxylamine groups is 2. The van der Waals surface area contributed by atoms with Crippen LogP contribution in [0.3, 0.4) is 0 Å². The van der Waals surface area contributed by atoms with E-state index in [0.29, 0.717) is 35.3 Å². The lowest BCUT2D eigenvalue weighted by molar-refractivity contribution is -0.183. The summed E-state index contributed by atoms with van der Waals surface area (Å²) >= 11 is 0. The Bertz CT molecular complexity index is 1570. The van der Waals surface area contributed by atoms with Crippen molar-refractivity contribution in [1.82, 2.24) is 20.6 Å². The summed E-state index contributed by atoms with van der Waals surface area (Å²) in [4.78, 5) is 22.8. The second-order valence-corrected chi connectivity index (χ2v) is 18.5. The van der Waals surface area contributed by atoms with Gasteiger partial charge in [-0.25, -0.2) is 0 Å². The number of amides is 1. The molecule has 10 atom stereocenters. The Morgan fingerprint density at radius 3 is 2.38 bits per heavy atom. The van der Waals surface area contributed by atoms with Crippen molar-refractivity contribution in [1.29, 1.82) is 0 Å². The minimum Gasteiger partial charge on any atom is -0.496 e. The molecule has 3 saturated carbocycles. The van der Waals surface area contributed by atoms with Crippen molar-refractivity contribution >= 4 is 11.6 Å². The number of carbonyl (C=O) groups excluding carboxylic acids is 1. The molecule has 4 aliphatic rings. The Kier molecular flexibility index (Phi) is 14.4. The SMILES string of the molecule is COc1c(CN2O[C@@H](CO)[C@@H]([C@H](C)O)[C@H]2C(=O)N[C@H]2C[C@H]3C[C@@H]([C@@H]2C)C3(C)C)cccc1-c1cc(NCC(C)C)cc(C(O)N[C@@H](CC(C)C)CN(C)C)c1. The first-order valence-corrected chi connectivity index (χ1v) is 20.6. The van der Waals surface area contributed by atoms with Crippen molar-refractivity contribution in [3.63, 3.8) is 0 Å². The molecule has 4 fully saturated rings. The van der Waals surface area contributed by atoms with Crippen LogP contribution in [0.25, 0.3) is 11.1 Å². The summed E-state index contributed by atoms with van der Waals surface area (Å²) in [7, 11) is 5.73. The van der Waals surface area contributed by atoms with Crippen LogP contribution in [0.4, 0.5) is 5.69 Å². The number of fused-ring (bicyclic) bond motifs is 2. The van der Waals surface area contributed by atoms with E-state index >= 15 is 0 Å². The van der Waals surface area contributed by atoms with E-state index in [2.05, 4.69) is 75.4 Å². The van der Waals surface area contributed by atoms with Crippen LogP contribution in [0.2, 0.25) is 0 Å². The molecule has 1 amide bonds. The molecule has 1 unspecified atom stereocenters. The molecule has 2 aromatic rings. The predicted molar refractivity (Wildman–Crippen MR) is 219 cm³/mol. The number of hydrogen-bond donors (Lipinski definition) is 6. The number of methoxy groups -OCH3 is 1. The number of para-hydroxylation sites is 1. The summed E-state index contributed by atoms with van der Waals surface area (Å²) in [6.07, 6.45) is 0.543. The molecule has 0 spiro atoms. The molecule has 1 aliphatic heterocycles. The summed E-state index contributed by atoms with van der Waals surface area (Å²) in [5.41, 5.74) is 4.42. The lowest BCUT2D eigenvalue weighted by Gasteiger charge is -2.62. The number of anilines is 1. The Labute approximate surface area is 330 Å². The van der Waals surface area contributed by atoms with E-state index in [1.54, 1.807) is 19.1 Å². The molecular formula is C44H71N5O6. The lowest BCUT2D eigenvalue weighted by Crippen LogP contribution is -2.62. The summed E-state index contributed by atoms with van der Waals surface area (Å²) in [5.74, 6) is 2.17. The third-order valence-corrected chi connectivity index (χ3v) is 12.7. The average Bonchev–Trinajstić information content (AvgIpc) is 3.49. The zero-order chi connectivity index (χ0) is 40.4. The maximum absolute atomic E-state index is 14.3. The van der Waals surface area contributed by atoms with Gasteiger partial charge in [-0.3, -0.25) is 14.9 Å². The topological polar surface area (TPSA) is 139 Å². The minimum absolute atomic E-state index is 0.0472. The highest BCUT2D eigenvalue weighted by Crippen LogP contribution is 2.61. The zero-order valence-corrected chi connectivity index (χ0v) is 35.3. The molecule has 308 valence electrons. The molecule has 11 heteroatoms. The Hall–Kier alpha value is -2.77. The molecule has 1 heterocycles. The van der Waals surface area contributed by atoms with Gasteiger partial charge in [-0.1, -0.05) is 66.7 Å². The van der Waals surface area contributed by atoms with Crippen molar-refractivity contribution in [2.45, 2.75) is 118 Å². The second-order valence-electron chi connectivity index (χ2n) is 18.5. The van der Waals surface area contributed by atoms with Crippen molar-refractivity contribution < 1.29 is 29.7 Å². The zero-order valence-electron chi connectivity index (χ0n) is 35.3. The van der Waals surface area contributed by atoms with Crippen LogP contribution in [0.15, 0.2) is 36.4 Å². The monoisotopic (exact) mass is 766 g/mol. The summed E-state index contributed by atoms with van der Waals surface area (Å²) < 4.78 is 6.14. The summed E-state index contributed by atoms with van der Waals surface area (Å²) in [5, 5.41) is 45.1. The van der Waals surface area contributed by atoms with E-state index in [-0.39, 0.29) is 36.6 Å². The van der Waals surface area contributed by atoms with Gasteiger partial charge in [0.25, 0.3) is 0 Å². The number of rotatable bonds is 18. The van der Waals surface area contributed by atoms with Crippen LogP contribution in [-0.2, 0) is 16.2 Å². The highest BCUT2D eigenvalue weighted by Gasteiger charge is 2.57. The quantitative estimate of drug-likeness (QED) is 0.106. The van der Waals surface area contributed by atoms with Crippen LogP contribution >= 0.6 is 0 Å². The minimum atomic E-state index is -0.897. The molecule has 2 bridgehead atoms. The fourth-order valence-corrected chi connectivity index (χ4v) is 9.74. The first-order valence-electron chi connectivity index (χ1n) is 20.6. The van der Waals surface area contributed by atoms with Crippen LogP contribution in [-0.4, -0.2) is 102 Å². The van der Waals surface area contributed by atoms with Crippen LogP contribution < -0.4 is 20.7 Å². The third-order valence-electron chi connectivity index (χ3n) is 12.7. The van der Waals surface area contributed by atoms with E-state index in [0.717, 1.165) is 53.9 Å². The Morgan fingerprint density at radius 2 is 1.80 bits per heavy atom. The first kappa shape index (κ1) is 43.4. The molecule has 11 nitrogen and oxygen atoms in total. The smallest absolute Gasteiger partial charge is 0.240 e. The number of hydrogen-bond acceptors (Lipinski definition) is 10. The van der Waals surface area contributed by atoms with Gasteiger partial charge in [0.2, 0.25) is 5.91 Å². The Balaban J connectivity index is 1.46. The highest BCUT2D eigenvalue weighted by molar-refractivity contribution is 5.83. The van der Waals surface area contributed by atoms with Crippen molar-refractivity contribution in [2.75, 3.05) is 46.2 Å². The summed E-state index contributed by atoms with van der Waals surface area (Å²) in [6.45, 7) is 18.7. The molecule has 1 saturated heterocycles. The fourth-order valence-electron chi connectivity index (χ4n) is 9.74. The van der Waals surface area contributed by atoms with Crippen molar-refractivity contribution in [3.05, 3.63) is 47.5 Å². The van der Waals surface area contributed by atoms with E-state index in [1.807, 2.05) is 44.4 Å². The normalized spacial score (nSPS) is 27.9. The molecule has 6 rings (SSSR count). The number of nitrogens with zero attached hydrogens (tertiary/aromatic N) is 2. The van der Waals surface area contributed by atoms with Crippen LogP contribution in [0.5, 0.6) is 5.75 Å². The van der Waals surface area contributed by atoms with E-state index in [9.17, 15) is 20.1 Å². The maximum Gasteiger partial charge on any atom is 0.240 e. The van der Waals surface area contributed by atoms with Gasteiger partial charge in [0, 0.05) is 47.9 Å². The van der Waals surface area contributed by atoms with Crippen LogP contribution in [0.1, 0.15) is 92.0 Å². The van der Waals surface area contributed by atoms with E-state index < -0.39 is 30.4 Å². The number of likely N-dealkylation sites (N-methyl/N-ethyl adjacent to an activating group) is 1. The van der Waals surface area contributed by atoms with Crippen molar-refractivity contribution in [2.24, 2.45) is 40.9 Å². The first-order chi connectivity index (χ1) is 25.9. The maximum atomic E-state index is 14.3. The van der Waals surface area contributed by atoms with Crippen molar-refractivity contribution in [3.8, 4) is 16.9 Å². The van der Waals surface area contributed by atoms with E-state index in [4.69, 9.17) is 9.57 Å². The van der Waals surface area contributed by atoms with Gasteiger partial charge in [-0.15, -0.1) is 0 Å². The highest BCUT2D eigenvalue weighted by atomic mass is 16.7. The fraction of sp³-hybridized carbons (Fsp3) is 0.705. The lowest BCUT2D eigenvalue weighted by atomic mass is 9.45. The average molecular weight is 766 g/mol. The molecule has 2 aromatic carbocycles. The molecule has 0 aromatic heterocycles. The van der Waals surface area contributed by atoms with Gasteiger partial charge in [0.15, 0.2) is 0 Å². The van der Waals surface area contributed by atoms with Gasteiger partial charge in [0.1, 0.15) is 24.1 Å². The number of aliphatic hydroxyl groups excluding tert-OH is 3. The molecule has 55 heavy (non-hydrogen) atoms. The van der Waals surface area contributed by atoms with Crippen LogP contribution in [0, 0.1) is 40.9 Å². The molecule has 3 aliphatic carbocycles. The number of nitrogens with one attached hydrogen (secondary N) is 3. The molecular weight excluding hydrogens is 695 g/mol. The largest absolute Gasteiger partial charge is 0.496 e. The number of ether oxygens (including phenoxy) is 1. The number of aliphatic hydroxyl groups is 3. The third kappa shape index (κ3) is 9.86. The molecule has 0 radical (unpaired) electrons. The van der Waals surface area contributed by atoms with Gasteiger partial charge < -0.3 is 35.6 Å². The van der Waals surface area contributed by atoms with Gasteiger partial charge >= 0.3 is 0 Å². The number of carbonyl (C=O) groups is 1.